The van der Waals surface area contributed by atoms with E-state index in [9.17, 15) is 0 Å². The summed E-state index contributed by atoms with van der Waals surface area (Å²) in [5.74, 6) is 1.67. The highest BCUT2D eigenvalue weighted by Gasteiger charge is 2.20. The molecule has 1 fully saturated rings. The van der Waals surface area contributed by atoms with E-state index in [0.717, 1.165) is 43.5 Å². The third-order valence-electron chi connectivity index (χ3n) is 4.81. The van der Waals surface area contributed by atoms with Gasteiger partial charge in [0.1, 0.15) is 0 Å². The summed E-state index contributed by atoms with van der Waals surface area (Å²) >= 11 is 5.71. The predicted molar refractivity (Wildman–Crippen MR) is 113 cm³/mol. The Morgan fingerprint density at radius 3 is 2.39 bits per heavy atom. The standard InChI is InChI=1S/C20H23N7S/c1-2-11-26-18(17-7-4-3-5-8-17)23-27(20(26)28)16-24-12-14-25(15-13-24)19-21-9-6-10-22-19/h2-10H,1,11-16H2. The smallest absolute Gasteiger partial charge is 0.225 e. The monoisotopic (exact) mass is 393 g/mol. The fourth-order valence-electron chi connectivity index (χ4n) is 3.36. The van der Waals surface area contributed by atoms with Gasteiger partial charge in [-0.1, -0.05) is 36.4 Å². The lowest BCUT2D eigenvalue weighted by Crippen LogP contribution is -2.47. The highest BCUT2D eigenvalue weighted by atomic mass is 32.1. The van der Waals surface area contributed by atoms with Gasteiger partial charge in [-0.2, -0.15) is 5.10 Å². The van der Waals surface area contributed by atoms with Gasteiger partial charge < -0.3 is 4.90 Å². The predicted octanol–water partition coefficient (Wildman–Crippen LogP) is 2.84. The Morgan fingerprint density at radius 2 is 1.71 bits per heavy atom. The van der Waals surface area contributed by atoms with Gasteiger partial charge in [0.2, 0.25) is 5.95 Å². The summed E-state index contributed by atoms with van der Waals surface area (Å²) < 4.78 is 4.66. The summed E-state index contributed by atoms with van der Waals surface area (Å²) in [5.41, 5.74) is 1.06. The molecule has 0 aliphatic carbocycles. The van der Waals surface area contributed by atoms with Crippen molar-refractivity contribution in [3.63, 3.8) is 0 Å². The lowest BCUT2D eigenvalue weighted by atomic mass is 10.2. The van der Waals surface area contributed by atoms with E-state index in [1.807, 2.05) is 39.6 Å². The molecular formula is C20H23N7S. The summed E-state index contributed by atoms with van der Waals surface area (Å²) in [4.78, 5) is 13.3. The van der Waals surface area contributed by atoms with Crippen LogP contribution in [0.5, 0.6) is 0 Å². The molecule has 1 aliphatic rings. The molecule has 1 saturated heterocycles. The second-order valence-corrected chi connectivity index (χ2v) is 7.03. The number of allylic oxidation sites excluding steroid dienone is 1. The van der Waals surface area contributed by atoms with E-state index < -0.39 is 0 Å². The second kappa shape index (κ2) is 8.45. The van der Waals surface area contributed by atoms with E-state index in [0.29, 0.717) is 18.0 Å². The SMILES string of the molecule is C=CCn1c(-c2ccccc2)nn(CN2CCN(c3ncccn3)CC2)c1=S. The fourth-order valence-corrected chi connectivity index (χ4v) is 3.62. The molecule has 2 aromatic heterocycles. The van der Waals surface area contributed by atoms with Crippen molar-refractivity contribution in [1.82, 2.24) is 29.2 Å². The molecule has 144 valence electrons. The minimum absolute atomic E-state index is 0.641. The zero-order chi connectivity index (χ0) is 19.3. The van der Waals surface area contributed by atoms with Crippen molar-refractivity contribution in [3.05, 3.63) is 66.2 Å². The summed E-state index contributed by atoms with van der Waals surface area (Å²) in [7, 11) is 0. The Morgan fingerprint density at radius 1 is 1.00 bits per heavy atom. The number of hydrogen-bond acceptors (Lipinski definition) is 6. The third kappa shape index (κ3) is 3.88. The number of hydrogen-bond donors (Lipinski definition) is 0. The van der Waals surface area contributed by atoms with E-state index >= 15 is 0 Å². The first-order valence-electron chi connectivity index (χ1n) is 9.34. The molecule has 0 unspecified atom stereocenters. The van der Waals surface area contributed by atoms with Crippen LogP contribution in [0.25, 0.3) is 11.4 Å². The first-order valence-corrected chi connectivity index (χ1v) is 9.75. The maximum atomic E-state index is 5.71. The maximum Gasteiger partial charge on any atom is 0.225 e. The quantitative estimate of drug-likeness (QED) is 0.474. The minimum atomic E-state index is 0.641. The van der Waals surface area contributed by atoms with Gasteiger partial charge in [0.05, 0.1) is 6.67 Å². The van der Waals surface area contributed by atoms with Crippen LogP contribution in [0.3, 0.4) is 0 Å². The van der Waals surface area contributed by atoms with E-state index in [2.05, 4.69) is 38.5 Å². The van der Waals surface area contributed by atoms with Crippen molar-refractivity contribution in [2.24, 2.45) is 0 Å². The molecule has 1 aromatic carbocycles. The molecule has 0 spiro atoms. The van der Waals surface area contributed by atoms with Gasteiger partial charge in [-0.05, 0) is 18.3 Å². The van der Waals surface area contributed by atoms with Crippen molar-refractivity contribution >= 4 is 18.2 Å². The first kappa shape index (κ1) is 18.5. The topological polar surface area (TPSA) is 55.0 Å². The molecule has 3 aromatic rings. The van der Waals surface area contributed by atoms with Crippen molar-refractivity contribution in [1.29, 1.82) is 0 Å². The molecule has 3 heterocycles. The van der Waals surface area contributed by atoms with Crippen LogP contribution in [-0.4, -0.2) is 55.4 Å². The minimum Gasteiger partial charge on any atom is -0.338 e. The summed E-state index contributed by atoms with van der Waals surface area (Å²) in [5, 5.41) is 4.82. The van der Waals surface area contributed by atoms with Crippen LogP contribution in [0.1, 0.15) is 0 Å². The Hall–Kier alpha value is -2.84. The number of benzene rings is 1. The Kier molecular flexibility index (Phi) is 5.59. The van der Waals surface area contributed by atoms with Crippen molar-refractivity contribution in [2.75, 3.05) is 31.1 Å². The van der Waals surface area contributed by atoms with Gasteiger partial charge in [0.25, 0.3) is 0 Å². The molecule has 0 radical (unpaired) electrons. The van der Waals surface area contributed by atoms with Gasteiger partial charge in [0.15, 0.2) is 10.6 Å². The molecule has 0 N–H and O–H groups in total. The van der Waals surface area contributed by atoms with Crippen LogP contribution >= 0.6 is 12.2 Å². The first-order chi connectivity index (χ1) is 13.8. The van der Waals surface area contributed by atoms with E-state index in [1.165, 1.54) is 0 Å². The number of nitrogens with zero attached hydrogens (tertiary/aromatic N) is 7. The third-order valence-corrected chi connectivity index (χ3v) is 5.24. The summed E-state index contributed by atoms with van der Waals surface area (Å²) in [6.07, 6.45) is 5.42. The zero-order valence-electron chi connectivity index (χ0n) is 15.7. The van der Waals surface area contributed by atoms with Gasteiger partial charge >= 0.3 is 0 Å². The highest BCUT2D eigenvalue weighted by Crippen LogP contribution is 2.19. The second-order valence-electron chi connectivity index (χ2n) is 6.67. The molecule has 0 saturated carbocycles. The van der Waals surface area contributed by atoms with Crippen LogP contribution < -0.4 is 4.90 Å². The average molecular weight is 394 g/mol. The van der Waals surface area contributed by atoms with Crippen LogP contribution in [0.2, 0.25) is 0 Å². The molecule has 4 rings (SSSR count). The molecule has 8 heteroatoms. The van der Waals surface area contributed by atoms with E-state index in [-0.39, 0.29) is 0 Å². The van der Waals surface area contributed by atoms with Crippen LogP contribution in [0, 0.1) is 4.77 Å². The van der Waals surface area contributed by atoms with Gasteiger partial charge in [0, 0.05) is 50.7 Å². The molecule has 0 bridgehead atoms. The molecular weight excluding hydrogens is 370 g/mol. The Bertz CT molecular complexity index is 973. The van der Waals surface area contributed by atoms with Crippen molar-refractivity contribution < 1.29 is 0 Å². The van der Waals surface area contributed by atoms with Crippen LogP contribution in [0.4, 0.5) is 5.95 Å². The largest absolute Gasteiger partial charge is 0.338 e. The fraction of sp³-hybridized carbons (Fsp3) is 0.300. The maximum absolute atomic E-state index is 5.71. The normalized spacial score (nSPS) is 14.9. The number of piperazine rings is 1. The zero-order valence-corrected chi connectivity index (χ0v) is 16.5. The molecule has 7 nitrogen and oxygen atoms in total. The number of aromatic nitrogens is 5. The summed E-state index contributed by atoms with van der Waals surface area (Å²) in [6.45, 7) is 8.77. The number of rotatable bonds is 6. The molecule has 1 aliphatic heterocycles. The van der Waals surface area contributed by atoms with E-state index in [1.54, 1.807) is 12.4 Å². The van der Waals surface area contributed by atoms with Gasteiger partial charge in [-0.15, -0.1) is 6.58 Å². The van der Waals surface area contributed by atoms with Crippen molar-refractivity contribution in [2.45, 2.75) is 13.2 Å². The molecule has 28 heavy (non-hydrogen) atoms. The Labute approximate surface area is 169 Å². The van der Waals surface area contributed by atoms with Crippen molar-refractivity contribution in [3.8, 4) is 11.4 Å². The highest BCUT2D eigenvalue weighted by molar-refractivity contribution is 7.71. The lowest BCUT2D eigenvalue weighted by molar-refractivity contribution is 0.193. The average Bonchev–Trinajstić information content (AvgIpc) is 3.06. The lowest BCUT2D eigenvalue weighted by Gasteiger charge is -2.34. The van der Waals surface area contributed by atoms with Crippen LogP contribution in [-0.2, 0) is 13.2 Å². The van der Waals surface area contributed by atoms with Gasteiger partial charge in [-0.3, -0.25) is 9.47 Å². The Balaban J connectivity index is 1.50. The molecule has 0 atom stereocenters. The van der Waals surface area contributed by atoms with Crippen LogP contribution in [0.15, 0.2) is 61.4 Å². The van der Waals surface area contributed by atoms with Gasteiger partial charge in [-0.25, -0.2) is 14.6 Å². The molecule has 0 amide bonds. The summed E-state index contributed by atoms with van der Waals surface area (Å²) in [6, 6.07) is 12.0. The van der Waals surface area contributed by atoms with E-state index in [4.69, 9.17) is 17.3 Å². The number of anilines is 1.